The van der Waals surface area contributed by atoms with Crippen molar-refractivity contribution in [3.05, 3.63) is 87.9 Å². The lowest BCUT2D eigenvalue weighted by Crippen LogP contribution is -2.24. The lowest BCUT2D eigenvalue weighted by atomic mass is 10.2. The van der Waals surface area contributed by atoms with Gasteiger partial charge in [0.2, 0.25) is 11.8 Å². The minimum atomic E-state index is -0.524. The minimum absolute atomic E-state index is 0.357. The Bertz CT molecular complexity index is 1150. The number of carbonyl (C=O) groups is 2. The highest BCUT2D eigenvalue weighted by atomic mass is 79.9. The topological polar surface area (TPSA) is 89.0 Å². The van der Waals surface area contributed by atoms with E-state index in [0.717, 1.165) is 15.6 Å². The molecule has 0 aliphatic carbocycles. The summed E-state index contributed by atoms with van der Waals surface area (Å²) in [4.78, 5) is 24.0. The molecule has 33 heavy (non-hydrogen) atoms. The normalized spacial score (nSPS) is 10.6. The highest BCUT2D eigenvalue weighted by Crippen LogP contribution is 2.26. The molecule has 3 rings (SSSR count). The quantitative estimate of drug-likeness (QED) is 0.245. The molecule has 0 spiro atoms. The molecule has 0 fully saturated rings. The summed E-state index contributed by atoms with van der Waals surface area (Å²) in [5.74, 6) is 0.336. The van der Waals surface area contributed by atoms with Crippen molar-refractivity contribution in [3.8, 4) is 11.5 Å². The summed E-state index contributed by atoms with van der Waals surface area (Å²) >= 11 is 3.49. The van der Waals surface area contributed by atoms with Gasteiger partial charge in [-0.15, -0.1) is 0 Å². The number of rotatable bonds is 9. The lowest BCUT2D eigenvalue weighted by molar-refractivity contribution is -0.126. The number of ether oxygens (including phenoxy) is 2. The van der Waals surface area contributed by atoms with Crippen LogP contribution in [-0.2, 0) is 16.2 Å². The number of hydrogen-bond acceptors (Lipinski definition) is 5. The number of anilines is 1. The fraction of sp³-hybridized carbons (Fsp3) is 0.160. The maximum atomic E-state index is 12.0. The van der Waals surface area contributed by atoms with Crippen molar-refractivity contribution in [2.24, 2.45) is 5.10 Å². The van der Waals surface area contributed by atoms with E-state index in [1.54, 1.807) is 24.3 Å². The molecule has 0 unspecified atom stereocenters. The van der Waals surface area contributed by atoms with E-state index in [0.29, 0.717) is 23.8 Å². The molecule has 3 aromatic carbocycles. The van der Waals surface area contributed by atoms with E-state index >= 15 is 0 Å². The Morgan fingerprint density at radius 3 is 2.55 bits per heavy atom. The number of nitrogens with zero attached hydrogens (tertiary/aromatic N) is 1. The van der Waals surface area contributed by atoms with Gasteiger partial charge >= 0.3 is 0 Å². The molecule has 0 saturated carbocycles. The van der Waals surface area contributed by atoms with Crippen LogP contribution in [0.5, 0.6) is 11.5 Å². The Labute approximate surface area is 200 Å². The number of halogens is 1. The van der Waals surface area contributed by atoms with Gasteiger partial charge in [-0.1, -0.05) is 35.9 Å². The van der Waals surface area contributed by atoms with Crippen LogP contribution >= 0.6 is 15.9 Å². The molecule has 0 saturated heterocycles. The van der Waals surface area contributed by atoms with Gasteiger partial charge in [0.15, 0.2) is 0 Å². The summed E-state index contributed by atoms with van der Waals surface area (Å²) in [6.07, 6.45) is 1.14. The molecule has 2 amide bonds. The van der Waals surface area contributed by atoms with E-state index < -0.39 is 11.8 Å². The summed E-state index contributed by atoms with van der Waals surface area (Å²) in [5.41, 5.74) is 5.94. The summed E-state index contributed by atoms with van der Waals surface area (Å²) in [5, 5.41) is 6.56. The van der Waals surface area contributed by atoms with E-state index in [2.05, 4.69) is 31.8 Å². The highest BCUT2D eigenvalue weighted by Gasteiger charge is 2.09. The predicted molar refractivity (Wildman–Crippen MR) is 132 cm³/mol. The molecule has 0 aliphatic rings. The van der Waals surface area contributed by atoms with Crippen molar-refractivity contribution >= 4 is 39.6 Å². The van der Waals surface area contributed by atoms with Gasteiger partial charge in [0.1, 0.15) is 24.5 Å². The fourth-order valence-corrected chi connectivity index (χ4v) is 3.34. The second-order valence-corrected chi connectivity index (χ2v) is 8.07. The molecule has 0 radical (unpaired) electrons. The predicted octanol–water partition coefficient (Wildman–Crippen LogP) is 4.82. The third-order valence-electron chi connectivity index (χ3n) is 4.55. The first-order chi connectivity index (χ1) is 15.9. The average molecular weight is 510 g/mol. The third kappa shape index (κ3) is 7.76. The van der Waals surface area contributed by atoms with Gasteiger partial charge in [0.25, 0.3) is 0 Å². The lowest BCUT2D eigenvalue weighted by Gasteiger charge is -2.09. The first-order valence-corrected chi connectivity index (χ1v) is 11.0. The molecule has 0 aromatic heterocycles. The van der Waals surface area contributed by atoms with Crippen LogP contribution in [0.4, 0.5) is 5.69 Å². The molecule has 2 N–H and O–H groups in total. The van der Waals surface area contributed by atoms with Crippen molar-refractivity contribution < 1.29 is 19.1 Å². The molecule has 8 heteroatoms. The first kappa shape index (κ1) is 24.0. The maximum absolute atomic E-state index is 12.0. The molecule has 0 bridgehead atoms. The zero-order valence-corrected chi connectivity index (χ0v) is 19.9. The van der Waals surface area contributed by atoms with Gasteiger partial charge in [-0.3, -0.25) is 9.59 Å². The summed E-state index contributed by atoms with van der Waals surface area (Å²) in [7, 11) is 1.54. The molecule has 170 valence electrons. The number of hydrogen-bond donors (Lipinski definition) is 2. The fourth-order valence-electron chi connectivity index (χ4n) is 2.83. The standard InChI is InChI=1S/C25H24BrN3O4/c1-17-6-8-18(9-7-17)16-33-23-11-10-19(12-22(23)26)15-27-29-25(31)14-24(30)28-20-4-3-5-21(13-20)32-2/h3-13,15H,14,16H2,1-2H3,(H,28,30)(H,29,31). The van der Waals surface area contributed by atoms with Gasteiger partial charge in [-0.2, -0.15) is 5.10 Å². The largest absolute Gasteiger partial charge is 0.497 e. The van der Waals surface area contributed by atoms with E-state index in [-0.39, 0.29) is 6.42 Å². The van der Waals surface area contributed by atoms with E-state index in [1.165, 1.54) is 18.9 Å². The van der Waals surface area contributed by atoms with Crippen LogP contribution in [0, 0.1) is 6.92 Å². The molecule has 0 aliphatic heterocycles. The first-order valence-electron chi connectivity index (χ1n) is 10.2. The van der Waals surface area contributed by atoms with Crippen LogP contribution in [0.1, 0.15) is 23.1 Å². The maximum Gasteiger partial charge on any atom is 0.249 e. The molecule has 0 heterocycles. The van der Waals surface area contributed by atoms with Gasteiger partial charge in [0.05, 0.1) is 17.8 Å². The zero-order valence-electron chi connectivity index (χ0n) is 18.3. The van der Waals surface area contributed by atoms with Gasteiger partial charge in [-0.05, 0) is 64.3 Å². The average Bonchev–Trinajstić information content (AvgIpc) is 2.79. The van der Waals surface area contributed by atoms with Crippen LogP contribution in [0.3, 0.4) is 0 Å². The van der Waals surface area contributed by atoms with Crippen LogP contribution in [0.25, 0.3) is 0 Å². The second kappa shape index (κ2) is 11.8. The Hall–Kier alpha value is -3.65. The van der Waals surface area contributed by atoms with Crippen LogP contribution in [0.15, 0.2) is 76.3 Å². The van der Waals surface area contributed by atoms with E-state index in [9.17, 15) is 9.59 Å². The number of benzene rings is 3. The van der Waals surface area contributed by atoms with E-state index in [4.69, 9.17) is 9.47 Å². The van der Waals surface area contributed by atoms with Crippen LogP contribution in [0.2, 0.25) is 0 Å². The molecule has 7 nitrogen and oxygen atoms in total. The van der Waals surface area contributed by atoms with Crippen LogP contribution < -0.4 is 20.2 Å². The van der Waals surface area contributed by atoms with Crippen molar-refractivity contribution in [1.29, 1.82) is 0 Å². The van der Waals surface area contributed by atoms with Gasteiger partial charge in [-0.25, -0.2) is 5.43 Å². The van der Waals surface area contributed by atoms with Crippen molar-refractivity contribution in [1.82, 2.24) is 5.43 Å². The number of hydrazone groups is 1. The van der Waals surface area contributed by atoms with Crippen molar-refractivity contribution in [3.63, 3.8) is 0 Å². The third-order valence-corrected chi connectivity index (χ3v) is 5.17. The SMILES string of the molecule is COc1cccc(NC(=O)CC(=O)NN=Cc2ccc(OCc3ccc(C)cc3)c(Br)c2)c1. The summed E-state index contributed by atoms with van der Waals surface area (Å²) in [6.45, 7) is 2.50. The van der Waals surface area contributed by atoms with Crippen molar-refractivity contribution in [2.75, 3.05) is 12.4 Å². The smallest absolute Gasteiger partial charge is 0.249 e. The summed E-state index contributed by atoms with van der Waals surface area (Å²) in [6, 6.07) is 20.5. The number of amides is 2. The Morgan fingerprint density at radius 1 is 1.03 bits per heavy atom. The second-order valence-electron chi connectivity index (χ2n) is 7.21. The van der Waals surface area contributed by atoms with E-state index in [1.807, 2.05) is 49.4 Å². The monoisotopic (exact) mass is 509 g/mol. The molecule has 0 atom stereocenters. The number of carbonyl (C=O) groups excluding carboxylic acids is 2. The van der Waals surface area contributed by atoms with Gasteiger partial charge in [0, 0.05) is 11.8 Å². The van der Waals surface area contributed by atoms with Gasteiger partial charge < -0.3 is 14.8 Å². The minimum Gasteiger partial charge on any atom is -0.497 e. The van der Waals surface area contributed by atoms with Crippen LogP contribution in [-0.4, -0.2) is 25.1 Å². The Balaban J connectivity index is 1.46. The number of aryl methyl sites for hydroxylation is 1. The van der Waals surface area contributed by atoms with Crippen molar-refractivity contribution in [2.45, 2.75) is 20.0 Å². The summed E-state index contributed by atoms with van der Waals surface area (Å²) < 4.78 is 11.7. The highest BCUT2D eigenvalue weighted by molar-refractivity contribution is 9.10. The molecular weight excluding hydrogens is 486 g/mol. The Kier molecular flexibility index (Phi) is 8.60. The Morgan fingerprint density at radius 2 is 1.82 bits per heavy atom. The number of nitrogens with one attached hydrogen (secondary N) is 2. The zero-order chi connectivity index (χ0) is 23.6. The molecular formula is C25H24BrN3O4. The molecule has 3 aromatic rings. The number of methoxy groups -OCH3 is 1.